The van der Waals surface area contributed by atoms with E-state index in [2.05, 4.69) is 20.8 Å². The van der Waals surface area contributed by atoms with E-state index in [0.717, 1.165) is 0 Å². The van der Waals surface area contributed by atoms with Gasteiger partial charge in [0, 0.05) is 14.1 Å². The Kier molecular flexibility index (Phi) is 5.34. The summed E-state index contributed by atoms with van der Waals surface area (Å²) in [6.07, 6.45) is 1.56. The zero-order valence-corrected chi connectivity index (χ0v) is 8.43. The highest BCUT2D eigenvalue weighted by Crippen LogP contribution is 2.08. The number of hydrogen-bond acceptors (Lipinski definition) is 3. The summed E-state index contributed by atoms with van der Waals surface area (Å²) in [5.74, 6) is -0.174. The first kappa shape index (κ1) is 11.5. The molecule has 13 heavy (non-hydrogen) atoms. The van der Waals surface area contributed by atoms with Crippen LogP contribution in [-0.4, -0.2) is 30.2 Å². The van der Waals surface area contributed by atoms with Gasteiger partial charge in [-0.05, 0) is 0 Å². The number of carbonyl (C=O) groups is 1. The number of hydrogen-bond donors (Lipinski definition) is 3. The topological polar surface area (TPSA) is 69.8 Å². The Labute approximate surface area is 77.9 Å². The van der Waals surface area contributed by atoms with E-state index in [9.17, 15) is 4.79 Å². The van der Waals surface area contributed by atoms with Gasteiger partial charge in [0.15, 0.2) is 0 Å². The lowest BCUT2D eigenvalue weighted by atomic mass is 10.3. The zero-order chi connectivity index (χ0) is 10.3. The molecule has 0 bridgehead atoms. The van der Waals surface area contributed by atoms with Crippen LogP contribution in [0.3, 0.4) is 0 Å². The van der Waals surface area contributed by atoms with Gasteiger partial charge in [0.05, 0.1) is 11.9 Å². The second-order valence-corrected chi connectivity index (χ2v) is 1.99. The van der Waals surface area contributed by atoms with E-state index in [4.69, 9.17) is 0 Å². The second-order valence-electron chi connectivity index (χ2n) is 1.99. The Morgan fingerprint density at radius 1 is 1.46 bits per heavy atom. The molecule has 0 spiro atoms. The van der Waals surface area contributed by atoms with Gasteiger partial charge in [0.25, 0.3) is 5.91 Å². The lowest BCUT2D eigenvalue weighted by Gasteiger charge is -1.98. The Balaban J connectivity index is 0.000000671. The maximum Gasteiger partial charge on any atom is 0.271 e. The molecule has 5 heteroatoms. The first-order chi connectivity index (χ1) is 6.29. The van der Waals surface area contributed by atoms with Gasteiger partial charge in [-0.25, -0.2) is 0 Å². The van der Waals surface area contributed by atoms with Crippen molar-refractivity contribution in [3.8, 4) is 0 Å². The smallest absolute Gasteiger partial charge is 0.271 e. The molecule has 0 aliphatic carbocycles. The standard InChI is InChI=1S/C6H10N4O.C2H6/c1-7-4-3-9-10-5(4)6(11)8-2;1-2/h3,7H,1-2H3,(H,8,11)(H,9,10);1-2H3. The minimum Gasteiger partial charge on any atom is -0.385 e. The Bertz CT molecular complexity index is 256. The Morgan fingerprint density at radius 3 is 2.54 bits per heavy atom. The lowest BCUT2D eigenvalue weighted by Crippen LogP contribution is -2.19. The lowest BCUT2D eigenvalue weighted by molar-refractivity contribution is 0.0959. The minimum absolute atomic E-state index is 0.174. The van der Waals surface area contributed by atoms with Crippen LogP contribution in [0.2, 0.25) is 0 Å². The third-order valence-corrected chi connectivity index (χ3v) is 1.36. The number of aromatic amines is 1. The SMILES string of the molecule is CC.CNC(=O)c1[nH]ncc1NC. The van der Waals surface area contributed by atoms with Crippen molar-refractivity contribution in [3.63, 3.8) is 0 Å². The molecule has 0 fully saturated rings. The van der Waals surface area contributed by atoms with Crippen molar-refractivity contribution in [1.82, 2.24) is 15.5 Å². The van der Waals surface area contributed by atoms with Crippen molar-refractivity contribution in [2.24, 2.45) is 0 Å². The van der Waals surface area contributed by atoms with Gasteiger partial charge in [-0.3, -0.25) is 9.89 Å². The summed E-state index contributed by atoms with van der Waals surface area (Å²) in [4.78, 5) is 11.0. The number of nitrogens with one attached hydrogen (secondary N) is 3. The summed E-state index contributed by atoms with van der Waals surface area (Å²) in [7, 11) is 3.31. The molecule has 0 unspecified atom stereocenters. The quantitative estimate of drug-likeness (QED) is 0.637. The molecular formula is C8H16N4O. The summed E-state index contributed by atoms with van der Waals surface area (Å²) in [6.45, 7) is 4.00. The Morgan fingerprint density at radius 2 is 2.08 bits per heavy atom. The maximum absolute atomic E-state index is 11.0. The maximum atomic E-state index is 11.0. The highest BCUT2D eigenvalue weighted by Gasteiger charge is 2.09. The average Bonchev–Trinajstić information content (AvgIpc) is 2.67. The molecular weight excluding hydrogens is 168 g/mol. The molecule has 1 aromatic rings. The van der Waals surface area contributed by atoms with Crippen molar-refractivity contribution in [2.45, 2.75) is 13.8 Å². The summed E-state index contributed by atoms with van der Waals surface area (Å²) < 4.78 is 0. The highest BCUT2D eigenvalue weighted by molar-refractivity contribution is 5.97. The molecule has 0 aliphatic rings. The van der Waals surface area contributed by atoms with E-state index in [1.165, 1.54) is 0 Å². The van der Waals surface area contributed by atoms with Crippen molar-refractivity contribution < 1.29 is 4.79 Å². The fourth-order valence-corrected chi connectivity index (χ4v) is 0.774. The van der Waals surface area contributed by atoms with Crippen LogP contribution in [-0.2, 0) is 0 Å². The summed E-state index contributed by atoms with van der Waals surface area (Å²) in [5, 5.41) is 11.6. The first-order valence-electron chi connectivity index (χ1n) is 4.22. The number of amides is 1. The molecule has 0 saturated heterocycles. The highest BCUT2D eigenvalue weighted by atomic mass is 16.1. The summed E-state index contributed by atoms with van der Waals surface area (Å²) >= 11 is 0. The van der Waals surface area contributed by atoms with Gasteiger partial charge in [-0.15, -0.1) is 0 Å². The van der Waals surface area contributed by atoms with Crippen LogP contribution in [0, 0.1) is 0 Å². The van der Waals surface area contributed by atoms with Crippen molar-refractivity contribution >= 4 is 11.6 Å². The minimum atomic E-state index is -0.174. The van der Waals surface area contributed by atoms with Gasteiger partial charge >= 0.3 is 0 Å². The molecule has 0 aliphatic heterocycles. The number of anilines is 1. The van der Waals surface area contributed by atoms with E-state index >= 15 is 0 Å². The molecule has 1 amide bonds. The van der Waals surface area contributed by atoms with Gasteiger partial charge in [0.2, 0.25) is 0 Å². The van der Waals surface area contributed by atoms with Gasteiger partial charge < -0.3 is 10.6 Å². The average molecular weight is 184 g/mol. The molecule has 3 N–H and O–H groups in total. The van der Waals surface area contributed by atoms with Crippen LogP contribution in [0.4, 0.5) is 5.69 Å². The van der Waals surface area contributed by atoms with Crippen LogP contribution in [0.25, 0.3) is 0 Å². The molecule has 1 rings (SSSR count). The molecule has 74 valence electrons. The van der Waals surface area contributed by atoms with E-state index in [1.807, 2.05) is 13.8 Å². The van der Waals surface area contributed by atoms with Crippen LogP contribution in [0.5, 0.6) is 0 Å². The van der Waals surface area contributed by atoms with Crippen LogP contribution < -0.4 is 10.6 Å². The molecule has 0 radical (unpaired) electrons. The summed E-state index contributed by atoms with van der Waals surface area (Å²) in [5.41, 5.74) is 1.15. The van der Waals surface area contributed by atoms with Crippen molar-refractivity contribution in [2.75, 3.05) is 19.4 Å². The largest absolute Gasteiger partial charge is 0.385 e. The van der Waals surface area contributed by atoms with Crippen molar-refractivity contribution in [3.05, 3.63) is 11.9 Å². The van der Waals surface area contributed by atoms with E-state index in [-0.39, 0.29) is 5.91 Å². The van der Waals surface area contributed by atoms with Crippen LogP contribution in [0.15, 0.2) is 6.20 Å². The van der Waals surface area contributed by atoms with Crippen LogP contribution in [0.1, 0.15) is 24.3 Å². The molecule has 0 atom stereocenters. The van der Waals surface area contributed by atoms with Crippen molar-refractivity contribution in [1.29, 1.82) is 0 Å². The summed E-state index contributed by atoms with van der Waals surface area (Å²) in [6, 6.07) is 0. The molecule has 0 aromatic carbocycles. The van der Waals surface area contributed by atoms with Gasteiger partial charge in [-0.1, -0.05) is 13.8 Å². The third kappa shape index (κ3) is 2.77. The zero-order valence-electron chi connectivity index (χ0n) is 8.43. The van der Waals surface area contributed by atoms with E-state index < -0.39 is 0 Å². The Hall–Kier alpha value is -1.52. The number of rotatable bonds is 2. The monoisotopic (exact) mass is 184 g/mol. The van der Waals surface area contributed by atoms with E-state index in [1.54, 1.807) is 20.3 Å². The molecule has 1 aromatic heterocycles. The third-order valence-electron chi connectivity index (χ3n) is 1.36. The predicted molar refractivity (Wildman–Crippen MR) is 52.9 cm³/mol. The number of nitrogens with zero attached hydrogens (tertiary/aromatic N) is 1. The first-order valence-corrected chi connectivity index (χ1v) is 4.22. The number of aromatic nitrogens is 2. The normalized spacial score (nSPS) is 8.31. The fraction of sp³-hybridized carbons (Fsp3) is 0.500. The number of carbonyl (C=O) groups excluding carboxylic acids is 1. The van der Waals surface area contributed by atoms with Crippen LogP contribution >= 0.6 is 0 Å². The fourth-order valence-electron chi connectivity index (χ4n) is 0.774. The molecule has 1 heterocycles. The van der Waals surface area contributed by atoms with Gasteiger partial charge in [-0.2, -0.15) is 5.10 Å². The second kappa shape index (κ2) is 6.05. The van der Waals surface area contributed by atoms with E-state index in [0.29, 0.717) is 11.4 Å². The molecule has 0 saturated carbocycles. The number of H-pyrrole nitrogens is 1. The predicted octanol–water partition coefficient (Wildman–Crippen LogP) is 0.837. The van der Waals surface area contributed by atoms with Gasteiger partial charge in [0.1, 0.15) is 5.69 Å². The molecule has 5 nitrogen and oxygen atoms in total.